The average molecular weight is 172 g/mol. The van der Waals surface area contributed by atoms with Crippen LogP contribution in [0.3, 0.4) is 0 Å². The van der Waals surface area contributed by atoms with Crippen LogP contribution in [-0.2, 0) is 4.74 Å². The first-order valence-corrected chi connectivity index (χ1v) is 4.27. The Morgan fingerprint density at radius 3 is 2.92 bits per heavy atom. The van der Waals surface area contributed by atoms with Crippen LogP contribution in [0.25, 0.3) is 0 Å². The maximum absolute atomic E-state index is 11.2. The fourth-order valence-corrected chi connectivity index (χ4v) is 1.68. The van der Waals surface area contributed by atoms with E-state index in [9.17, 15) is 4.79 Å². The molecule has 0 aliphatic carbocycles. The van der Waals surface area contributed by atoms with Crippen LogP contribution >= 0.6 is 0 Å². The van der Waals surface area contributed by atoms with E-state index < -0.39 is 0 Å². The van der Waals surface area contributed by atoms with Gasteiger partial charge < -0.3 is 15.4 Å². The van der Waals surface area contributed by atoms with Crippen molar-refractivity contribution in [1.29, 1.82) is 0 Å². The Morgan fingerprint density at radius 1 is 1.75 bits per heavy atom. The number of likely N-dealkylation sites (tertiary alicyclic amines) is 1. The first-order valence-electron chi connectivity index (χ1n) is 4.27. The van der Waals surface area contributed by atoms with Crippen LogP contribution in [0.2, 0.25) is 0 Å². The van der Waals surface area contributed by atoms with Crippen molar-refractivity contribution < 1.29 is 9.53 Å². The Kier molecular flexibility index (Phi) is 2.92. The van der Waals surface area contributed by atoms with Crippen molar-refractivity contribution >= 4 is 6.09 Å². The van der Waals surface area contributed by atoms with Gasteiger partial charge in [-0.3, -0.25) is 0 Å². The lowest BCUT2D eigenvalue weighted by molar-refractivity contribution is 0.115. The number of hydrogen-bond acceptors (Lipinski definition) is 3. The lowest BCUT2D eigenvalue weighted by atomic mass is 10.1. The Labute approximate surface area is 72.7 Å². The normalized spacial score (nSPS) is 25.6. The first-order chi connectivity index (χ1) is 5.66. The molecule has 2 N–H and O–H groups in total. The third-order valence-corrected chi connectivity index (χ3v) is 2.32. The topological polar surface area (TPSA) is 55.6 Å². The molecule has 2 unspecified atom stereocenters. The van der Waals surface area contributed by atoms with Gasteiger partial charge >= 0.3 is 6.09 Å². The molecule has 12 heavy (non-hydrogen) atoms. The van der Waals surface area contributed by atoms with E-state index in [2.05, 4.69) is 4.74 Å². The predicted molar refractivity (Wildman–Crippen MR) is 45.8 cm³/mol. The second-order valence-corrected chi connectivity index (χ2v) is 3.23. The second kappa shape index (κ2) is 3.76. The van der Waals surface area contributed by atoms with Crippen molar-refractivity contribution in [1.82, 2.24) is 4.90 Å². The highest BCUT2D eigenvalue weighted by atomic mass is 16.5. The molecule has 70 valence electrons. The Morgan fingerprint density at radius 2 is 2.42 bits per heavy atom. The highest BCUT2D eigenvalue weighted by Crippen LogP contribution is 2.19. The number of carbonyl (C=O) groups excluding carboxylic acids is 1. The SMILES string of the molecule is COC(=O)N1CCCC1C(C)N. The quantitative estimate of drug-likeness (QED) is 0.629. The van der Waals surface area contributed by atoms with Crippen LogP contribution in [0.5, 0.6) is 0 Å². The molecule has 0 radical (unpaired) electrons. The molecule has 2 atom stereocenters. The zero-order valence-electron chi connectivity index (χ0n) is 7.62. The molecule has 1 aliphatic rings. The predicted octanol–water partition coefficient (Wildman–Crippen LogP) is 0.564. The molecule has 4 heteroatoms. The minimum Gasteiger partial charge on any atom is -0.453 e. The molecule has 0 aromatic heterocycles. The van der Waals surface area contributed by atoms with Gasteiger partial charge in [0.1, 0.15) is 0 Å². The number of rotatable bonds is 1. The molecule has 0 aromatic carbocycles. The van der Waals surface area contributed by atoms with E-state index in [0.717, 1.165) is 19.4 Å². The van der Waals surface area contributed by atoms with Gasteiger partial charge in [-0.2, -0.15) is 0 Å². The van der Waals surface area contributed by atoms with Crippen molar-refractivity contribution in [2.24, 2.45) is 5.73 Å². The molecule has 0 aromatic rings. The van der Waals surface area contributed by atoms with Crippen molar-refractivity contribution in [2.45, 2.75) is 31.8 Å². The minimum absolute atomic E-state index is 0.0339. The van der Waals surface area contributed by atoms with E-state index in [-0.39, 0.29) is 18.2 Å². The molecule has 0 saturated carbocycles. The summed E-state index contributed by atoms with van der Waals surface area (Å²) in [7, 11) is 1.40. The van der Waals surface area contributed by atoms with Gasteiger partial charge in [0, 0.05) is 18.6 Å². The van der Waals surface area contributed by atoms with E-state index in [1.54, 1.807) is 4.90 Å². The zero-order chi connectivity index (χ0) is 9.14. The molecule has 0 bridgehead atoms. The lowest BCUT2D eigenvalue weighted by Gasteiger charge is -2.25. The van der Waals surface area contributed by atoms with Crippen molar-refractivity contribution in [2.75, 3.05) is 13.7 Å². The van der Waals surface area contributed by atoms with Crippen LogP contribution in [0.15, 0.2) is 0 Å². The summed E-state index contributed by atoms with van der Waals surface area (Å²) in [4.78, 5) is 12.9. The maximum atomic E-state index is 11.2. The molecule has 1 heterocycles. The molecule has 1 rings (SSSR count). The van der Waals surface area contributed by atoms with E-state index >= 15 is 0 Å². The number of amides is 1. The number of ether oxygens (including phenoxy) is 1. The monoisotopic (exact) mass is 172 g/mol. The van der Waals surface area contributed by atoms with E-state index in [1.807, 2.05) is 6.92 Å². The van der Waals surface area contributed by atoms with Crippen LogP contribution in [0.1, 0.15) is 19.8 Å². The Hall–Kier alpha value is -0.770. The van der Waals surface area contributed by atoms with Gasteiger partial charge in [0.15, 0.2) is 0 Å². The van der Waals surface area contributed by atoms with Gasteiger partial charge in [0.25, 0.3) is 0 Å². The summed E-state index contributed by atoms with van der Waals surface area (Å²) in [6, 6.07) is 0.198. The summed E-state index contributed by atoms with van der Waals surface area (Å²) in [6.07, 6.45) is 1.77. The standard InChI is InChI=1S/C8H16N2O2/c1-6(9)7-4-3-5-10(7)8(11)12-2/h6-7H,3-5,9H2,1-2H3. The van der Waals surface area contributed by atoms with Crippen molar-refractivity contribution in [3.05, 3.63) is 0 Å². The van der Waals surface area contributed by atoms with Crippen LogP contribution < -0.4 is 5.73 Å². The lowest BCUT2D eigenvalue weighted by Crippen LogP contribution is -2.45. The van der Waals surface area contributed by atoms with Gasteiger partial charge in [-0.15, -0.1) is 0 Å². The van der Waals surface area contributed by atoms with Gasteiger partial charge in [0.2, 0.25) is 0 Å². The van der Waals surface area contributed by atoms with E-state index in [4.69, 9.17) is 5.73 Å². The summed E-state index contributed by atoms with van der Waals surface area (Å²) < 4.78 is 4.65. The molecular weight excluding hydrogens is 156 g/mol. The summed E-state index contributed by atoms with van der Waals surface area (Å²) >= 11 is 0. The summed E-state index contributed by atoms with van der Waals surface area (Å²) in [5.41, 5.74) is 5.73. The van der Waals surface area contributed by atoms with E-state index in [0.29, 0.717) is 0 Å². The first kappa shape index (κ1) is 9.32. The smallest absolute Gasteiger partial charge is 0.409 e. The summed E-state index contributed by atoms with van der Waals surface area (Å²) in [5.74, 6) is 0. The number of nitrogens with two attached hydrogens (primary N) is 1. The molecule has 4 nitrogen and oxygen atoms in total. The van der Waals surface area contributed by atoms with Gasteiger partial charge in [0.05, 0.1) is 7.11 Å². The fourth-order valence-electron chi connectivity index (χ4n) is 1.68. The largest absolute Gasteiger partial charge is 0.453 e. The van der Waals surface area contributed by atoms with Gasteiger partial charge in [-0.25, -0.2) is 4.79 Å². The number of methoxy groups -OCH3 is 1. The molecule has 1 aliphatic heterocycles. The van der Waals surface area contributed by atoms with Crippen molar-refractivity contribution in [3.8, 4) is 0 Å². The molecule has 0 spiro atoms. The van der Waals surface area contributed by atoms with Gasteiger partial charge in [-0.05, 0) is 19.8 Å². The third-order valence-electron chi connectivity index (χ3n) is 2.32. The van der Waals surface area contributed by atoms with Crippen LogP contribution in [0, 0.1) is 0 Å². The molecule has 1 fully saturated rings. The van der Waals surface area contributed by atoms with Gasteiger partial charge in [-0.1, -0.05) is 0 Å². The second-order valence-electron chi connectivity index (χ2n) is 3.23. The number of carbonyl (C=O) groups is 1. The zero-order valence-corrected chi connectivity index (χ0v) is 7.62. The molecular formula is C8H16N2O2. The maximum Gasteiger partial charge on any atom is 0.409 e. The van der Waals surface area contributed by atoms with Crippen molar-refractivity contribution in [3.63, 3.8) is 0 Å². The molecule has 1 amide bonds. The third kappa shape index (κ3) is 1.69. The van der Waals surface area contributed by atoms with Crippen LogP contribution in [-0.4, -0.2) is 36.7 Å². The Bertz CT molecular complexity index is 170. The number of hydrogen-bond donors (Lipinski definition) is 1. The Balaban J connectivity index is 2.57. The highest BCUT2D eigenvalue weighted by molar-refractivity contribution is 5.68. The number of nitrogens with zero attached hydrogens (tertiary/aromatic N) is 1. The average Bonchev–Trinajstić information content (AvgIpc) is 2.50. The van der Waals surface area contributed by atoms with E-state index in [1.165, 1.54) is 7.11 Å². The summed E-state index contributed by atoms with van der Waals surface area (Å²) in [5, 5.41) is 0. The van der Waals surface area contributed by atoms with Crippen LogP contribution in [0.4, 0.5) is 4.79 Å². The summed E-state index contributed by atoms with van der Waals surface area (Å²) in [6.45, 7) is 2.70. The minimum atomic E-state index is -0.255. The highest BCUT2D eigenvalue weighted by Gasteiger charge is 2.31. The fraction of sp³-hybridized carbons (Fsp3) is 0.875. The molecule has 1 saturated heterocycles.